The second kappa shape index (κ2) is 8.33. The number of carbonyl (C=O) groups excluding carboxylic acids is 1. The third kappa shape index (κ3) is 5.13. The predicted molar refractivity (Wildman–Crippen MR) is 90.0 cm³/mol. The molecule has 0 amide bonds. The lowest BCUT2D eigenvalue weighted by Gasteiger charge is -2.16. The van der Waals surface area contributed by atoms with Gasteiger partial charge < -0.3 is 4.74 Å². The molecular formula is C19H29NO2. The van der Waals surface area contributed by atoms with Crippen LogP contribution in [0.25, 0.3) is 0 Å². The first-order chi connectivity index (χ1) is 10.6. The molecule has 0 saturated carbocycles. The Kier molecular flexibility index (Phi) is 6.44. The first kappa shape index (κ1) is 17.0. The van der Waals surface area contributed by atoms with E-state index in [-0.39, 0.29) is 11.9 Å². The summed E-state index contributed by atoms with van der Waals surface area (Å²) in [6, 6.07) is 8.38. The molecule has 0 aromatic heterocycles. The van der Waals surface area contributed by atoms with Crippen molar-refractivity contribution in [1.82, 2.24) is 4.90 Å². The highest BCUT2D eigenvalue weighted by molar-refractivity contribution is 5.77. The lowest BCUT2D eigenvalue weighted by molar-refractivity contribution is -0.145. The molecule has 1 unspecified atom stereocenters. The Morgan fingerprint density at radius 2 is 1.77 bits per heavy atom. The van der Waals surface area contributed by atoms with Crippen molar-refractivity contribution in [3.63, 3.8) is 0 Å². The topological polar surface area (TPSA) is 29.5 Å². The zero-order chi connectivity index (χ0) is 15.9. The summed E-state index contributed by atoms with van der Waals surface area (Å²) in [7, 11) is 0. The molecule has 0 bridgehead atoms. The Labute approximate surface area is 134 Å². The first-order valence-electron chi connectivity index (χ1n) is 8.54. The molecule has 1 saturated heterocycles. The molecule has 0 aliphatic carbocycles. The Hall–Kier alpha value is -1.35. The van der Waals surface area contributed by atoms with E-state index in [9.17, 15) is 4.79 Å². The summed E-state index contributed by atoms with van der Waals surface area (Å²) in [5, 5.41) is 0. The van der Waals surface area contributed by atoms with Gasteiger partial charge in [-0.15, -0.1) is 0 Å². The van der Waals surface area contributed by atoms with E-state index in [1.807, 2.05) is 6.92 Å². The molecule has 22 heavy (non-hydrogen) atoms. The van der Waals surface area contributed by atoms with Gasteiger partial charge in [-0.25, -0.2) is 0 Å². The Balaban J connectivity index is 1.79. The van der Waals surface area contributed by atoms with Gasteiger partial charge in [-0.3, -0.25) is 9.69 Å². The van der Waals surface area contributed by atoms with Gasteiger partial charge in [0, 0.05) is 6.54 Å². The smallest absolute Gasteiger partial charge is 0.313 e. The van der Waals surface area contributed by atoms with Crippen LogP contribution in [-0.4, -0.2) is 37.1 Å². The van der Waals surface area contributed by atoms with E-state index in [2.05, 4.69) is 43.0 Å². The normalized spacial score (nSPS) is 16.9. The molecule has 1 fully saturated rings. The molecule has 1 heterocycles. The van der Waals surface area contributed by atoms with Gasteiger partial charge in [0.25, 0.3) is 0 Å². The Bertz CT molecular complexity index is 461. The fraction of sp³-hybridized carbons (Fsp3) is 0.632. The van der Waals surface area contributed by atoms with Crippen molar-refractivity contribution in [3.8, 4) is 0 Å². The van der Waals surface area contributed by atoms with Crippen molar-refractivity contribution in [1.29, 1.82) is 0 Å². The van der Waals surface area contributed by atoms with E-state index in [1.165, 1.54) is 18.4 Å². The molecule has 1 aromatic rings. The van der Waals surface area contributed by atoms with Crippen LogP contribution < -0.4 is 0 Å². The standard InChI is InChI=1S/C19H29NO2/c1-15(2)14-17-6-8-18(9-7-17)16(3)19(21)22-13-12-20-10-4-5-11-20/h6-9,15-16H,4-5,10-14H2,1-3H3. The van der Waals surface area contributed by atoms with Crippen molar-refractivity contribution in [2.75, 3.05) is 26.2 Å². The SMILES string of the molecule is CC(C)Cc1ccc(C(C)C(=O)OCCN2CCCC2)cc1. The van der Waals surface area contributed by atoms with Crippen molar-refractivity contribution in [2.24, 2.45) is 5.92 Å². The minimum Gasteiger partial charge on any atom is -0.464 e. The average molecular weight is 303 g/mol. The van der Waals surface area contributed by atoms with Crippen molar-refractivity contribution >= 4 is 5.97 Å². The van der Waals surface area contributed by atoms with Gasteiger partial charge in [-0.05, 0) is 56.3 Å². The summed E-state index contributed by atoms with van der Waals surface area (Å²) in [6.07, 6.45) is 3.62. The summed E-state index contributed by atoms with van der Waals surface area (Å²) >= 11 is 0. The lowest BCUT2D eigenvalue weighted by atomic mass is 9.97. The van der Waals surface area contributed by atoms with Crippen LogP contribution in [0, 0.1) is 5.92 Å². The lowest BCUT2D eigenvalue weighted by Crippen LogP contribution is -2.26. The monoisotopic (exact) mass is 303 g/mol. The highest BCUT2D eigenvalue weighted by Crippen LogP contribution is 2.19. The fourth-order valence-electron chi connectivity index (χ4n) is 2.96. The number of rotatable bonds is 7. The third-order valence-electron chi connectivity index (χ3n) is 4.33. The number of hydrogen-bond acceptors (Lipinski definition) is 3. The highest BCUT2D eigenvalue weighted by Gasteiger charge is 2.18. The average Bonchev–Trinajstić information content (AvgIpc) is 3.00. The number of benzene rings is 1. The summed E-state index contributed by atoms with van der Waals surface area (Å²) in [5.41, 5.74) is 2.37. The fourth-order valence-corrected chi connectivity index (χ4v) is 2.96. The van der Waals surface area contributed by atoms with Crippen LogP contribution in [0.2, 0.25) is 0 Å². The predicted octanol–water partition coefficient (Wildman–Crippen LogP) is 3.63. The van der Waals surface area contributed by atoms with Gasteiger partial charge in [0.1, 0.15) is 6.61 Å². The Morgan fingerprint density at radius 1 is 1.14 bits per heavy atom. The summed E-state index contributed by atoms with van der Waals surface area (Å²) in [6.45, 7) is 10.0. The van der Waals surface area contributed by atoms with Crippen molar-refractivity contribution in [3.05, 3.63) is 35.4 Å². The van der Waals surface area contributed by atoms with Crippen molar-refractivity contribution < 1.29 is 9.53 Å². The summed E-state index contributed by atoms with van der Waals surface area (Å²) in [4.78, 5) is 14.5. The second-order valence-electron chi connectivity index (χ2n) is 6.78. The maximum atomic E-state index is 12.1. The summed E-state index contributed by atoms with van der Waals surface area (Å²) < 4.78 is 5.43. The van der Waals surface area contributed by atoms with E-state index in [1.54, 1.807) is 0 Å². The van der Waals surface area contributed by atoms with Crippen LogP contribution in [-0.2, 0) is 16.0 Å². The molecule has 0 radical (unpaired) electrons. The van der Waals surface area contributed by atoms with Crippen LogP contribution in [0.4, 0.5) is 0 Å². The molecule has 2 rings (SSSR count). The number of likely N-dealkylation sites (tertiary alicyclic amines) is 1. The van der Waals surface area contributed by atoms with Gasteiger partial charge in [0.2, 0.25) is 0 Å². The molecule has 122 valence electrons. The first-order valence-corrected chi connectivity index (χ1v) is 8.54. The molecule has 1 aliphatic rings. The zero-order valence-electron chi connectivity index (χ0n) is 14.2. The quantitative estimate of drug-likeness (QED) is 0.720. The molecule has 0 N–H and O–H groups in total. The number of ether oxygens (including phenoxy) is 1. The molecular weight excluding hydrogens is 274 g/mol. The number of nitrogens with zero attached hydrogens (tertiary/aromatic N) is 1. The molecule has 0 spiro atoms. The summed E-state index contributed by atoms with van der Waals surface area (Å²) in [5.74, 6) is 0.348. The second-order valence-corrected chi connectivity index (χ2v) is 6.78. The maximum Gasteiger partial charge on any atom is 0.313 e. The maximum absolute atomic E-state index is 12.1. The van der Waals surface area contributed by atoms with E-state index in [4.69, 9.17) is 4.74 Å². The number of hydrogen-bond donors (Lipinski definition) is 0. The van der Waals surface area contributed by atoms with Crippen molar-refractivity contribution in [2.45, 2.75) is 46.0 Å². The molecule has 3 nitrogen and oxygen atoms in total. The largest absolute Gasteiger partial charge is 0.464 e. The van der Waals surface area contributed by atoms with E-state index < -0.39 is 0 Å². The van der Waals surface area contributed by atoms with Crippen LogP contribution in [0.1, 0.15) is 50.7 Å². The molecule has 1 atom stereocenters. The van der Waals surface area contributed by atoms with Gasteiger partial charge >= 0.3 is 5.97 Å². The third-order valence-corrected chi connectivity index (χ3v) is 4.33. The van der Waals surface area contributed by atoms with Gasteiger partial charge in [0.15, 0.2) is 0 Å². The molecule has 1 aliphatic heterocycles. The number of esters is 1. The van der Waals surface area contributed by atoms with Gasteiger partial charge in [-0.2, -0.15) is 0 Å². The van der Waals surface area contributed by atoms with E-state index in [0.717, 1.165) is 31.6 Å². The van der Waals surface area contributed by atoms with Crippen LogP contribution in [0.5, 0.6) is 0 Å². The van der Waals surface area contributed by atoms with E-state index >= 15 is 0 Å². The highest BCUT2D eigenvalue weighted by atomic mass is 16.5. The number of carbonyl (C=O) groups is 1. The minimum absolute atomic E-state index is 0.115. The van der Waals surface area contributed by atoms with E-state index in [0.29, 0.717) is 12.5 Å². The molecule has 1 aromatic carbocycles. The minimum atomic E-state index is -0.188. The molecule has 3 heteroatoms. The zero-order valence-corrected chi connectivity index (χ0v) is 14.2. The van der Waals surface area contributed by atoms with Gasteiger partial charge in [0.05, 0.1) is 5.92 Å². The van der Waals surface area contributed by atoms with Crippen LogP contribution in [0.15, 0.2) is 24.3 Å². The Morgan fingerprint density at radius 3 is 2.36 bits per heavy atom. The van der Waals surface area contributed by atoms with Gasteiger partial charge in [-0.1, -0.05) is 38.1 Å². The van der Waals surface area contributed by atoms with Crippen LogP contribution >= 0.6 is 0 Å². The van der Waals surface area contributed by atoms with Crippen LogP contribution in [0.3, 0.4) is 0 Å².